The van der Waals surface area contributed by atoms with Gasteiger partial charge in [0.1, 0.15) is 12.6 Å². The van der Waals surface area contributed by atoms with Gasteiger partial charge in [0.25, 0.3) is 0 Å². The first-order chi connectivity index (χ1) is 11.5. The summed E-state index contributed by atoms with van der Waals surface area (Å²) in [6, 6.07) is 21.2. The first kappa shape index (κ1) is 17.2. The van der Waals surface area contributed by atoms with Gasteiger partial charge in [-0.25, -0.2) is 0 Å². The Morgan fingerprint density at radius 3 is 1.79 bits per heavy atom. The molecule has 0 N–H and O–H groups in total. The Bertz CT molecular complexity index is 574. The van der Waals surface area contributed by atoms with E-state index in [4.69, 9.17) is 9.47 Å². The molecule has 24 heavy (non-hydrogen) atoms. The molecule has 3 nitrogen and oxygen atoms in total. The topological polar surface area (TPSA) is 18.5 Å². The average Bonchev–Trinajstić information content (AvgIpc) is 2.57. The van der Waals surface area contributed by atoms with Gasteiger partial charge >= 0.3 is 0 Å². The first-order valence-electron chi connectivity index (χ1n) is 8.66. The first-order valence-corrected chi connectivity index (χ1v) is 8.66. The fraction of sp³-hybridized carbons (Fsp3) is 0.429. The number of benzene rings is 2. The van der Waals surface area contributed by atoms with Crippen LogP contribution in [0, 0.1) is 0 Å². The molecular weight excluding hydrogens is 298 g/mol. The Labute approximate surface area is 145 Å². The van der Waals surface area contributed by atoms with E-state index in [1.807, 2.05) is 0 Å². The zero-order valence-electron chi connectivity index (χ0n) is 14.9. The summed E-state index contributed by atoms with van der Waals surface area (Å²) in [6.45, 7) is 2.27. The highest BCUT2D eigenvalue weighted by molar-refractivity contribution is 5.34. The minimum atomic E-state index is 0.0542. The molecule has 1 fully saturated rings. The standard InChI is InChI=1S/C21H28NO2/c1-22(2,3)14-19-15-24-20(16-23-19)21(17-10-6-4-7-11-17)18-12-8-5-9-13-18/h4-13,19-21H,14-16H2,1-3H3/q+1/t19-,20-/m1/s1. The van der Waals surface area contributed by atoms with Crippen LogP contribution in [0.5, 0.6) is 0 Å². The van der Waals surface area contributed by atoms with Crippen molar-refractivity contribution in [3.8, 4) is 0 Å². The van der Waals surface area contributed by atoms with Gasteiger partial charge in [-0.05, 0) is 11.1 Å². The highest BCUT2D eigenvalue weighted by Gasteiger charge is 2.33. The van der Waals surface area contributed by atoms with Crippen LogP contribution in [0.25, 0.3) is 0 Å². The number of likely N-dealkylation sites (N-methyl/N-ethyl adjacent to an activating group) is 1. The predicted octanol–water partition coefficient (Wildman–Crippen LogP) is 3.31. The molecule has 1 aliphatic heterocycles. The van der Waals surface area contributed by atoms with Crippen LogP contribution in [0.1, 0.15) is 17.0 Å². The smallest absolute Gasteiger partial charge is 0.130 e. The van der Waals surface area contributed by atoms with Crippen LogP contribution in [0.3, 0.4) is 0 Å². The average molecular weight is 326 g/mol. The van der Waals surface area contributed by atoms with E-state index in [2.05, 4.69) is 81.8 Å². The molecule has 2 atom stereocenters. The molecule has 1 aliphatic rings. The fourth-order valence-corrected chi connectivity index (χ4v) is 3.41. The molecule has 0 radical (unpaired) electrons. The van der Waals surface area contributed by atoms with Gasteiger partial charge in [-0.2, -0.15) is 0 Å². The summed E-state index contributed by atoms with van der Waals surface area (Å²) in [4.78, 5) is 0. The van der Waals surface area contributed by atoms with Crippen molar-refractivity contribution in [1.29, 1.82) is 0 Å². The van der Waals surface area contributed by atoms with Crippen LogP contribution in [0.15, 0.2) is 60.7 Å². The van der Waals surface area contributed by atoms with Crippen molar-refractivity contribution in [1.82, 2.24) is 0 Å². The molecule has 0 aromatic heterocycles. The van der Waals surface area contributed by atoms with Crippen molar-refractivity contribution in [2.75, 3.05) is 40.9 Å². The third-order valence-electron chi connectivity index (χ3n) is 4.43. The minimum absolute atomic E-state index is 0.0542. The lowest BCUT2D eigenvalue weighted by Gasteiger charge is -2.37. The van der Waals surface area contributed by atoms with Crippen molar-refractivity contribution >= 4 is 0 Å². The van der Waals surface area contributed by atoms with Crippen LogP contribution in [-0.4, -0.2) is 57.6 Å². The summed E-state index contributed by atoms with van der Waals surface area (Å²) >= 11 is 0. The highest BCUT2D eigenvalue weighted by Crippen LogP contribution is 2.31. The van der Waals surface area contributed by atoms with Gasteiger partial charge in [0.2, 0.25) is 0 Å². The van der Waals surface area contributed by atoms with Crippen molar-refractivity contribution < 1.29 is 14.0 Å². The number of ether oxygens (including phenoxy) is 2. The van der Waals surface area contributed by atoms with E-state index < -0.39 is 0 Å². The molecule has 3 heteroatoms. The van der Waals surface area contributed by atoms with Crippen molar-refractivity contribution in [3.63, 3.8) is 0 Å². The lowest BCUT2D eigenvalue weighted by atomic mass is 9.86. The van der Waals surface area contributed by atoms with E-state index >= 15 is 0 Å². The normalized spacial score (nSPS) is 21.8. The second-order valence-electron chi connectivity index (χ2n) is 7.60. The van der Waals surface area contributed by atoms with Gasteiger partial charge in [-0.15, -0.1) is 0 Å². The van der Waals surface area contributed by atoms with Crippen LogP contribution in [-0.2, 0) is 9.47 Å². The Hall–Kier alpha value is -1.68. The zero-order valence-corrected chi connectivity index (χ0v) is 14.9. The largest absolute Gasteiger partial charge is 0.372 e. The molecule has 3 rings (SSSR count). The molecule has 0 bridgehead atoms. The van der Waals surface area contributed by atoms with Gasteiger partial charge in [0, 0.05) is 5.92 Å². The maximum Gasteiger partial charge on any atom is 0.130 e. The molecule has 128 valence electrons. The number of hydrogen-bond acceptors (Lipinski definition) is 2. The van der Waals surface area contributed by atoms with Crippen LogP contribution in [0.2, 0.25) is 0 Å². The van der Waals surface area contributed by atoms with Crippen molar-refractivity contribution in [2.24, 2.45) is 0 Å². The van der Waals surface area contributed by atoms with E-state index in [-0.39, 0.29) is 18.1 Å². The third-order valence-corrected chi connectivity index (χ3v) is 4.43. The lowest BCUT2D eigenvalue weighted by Crippen LogP contribution is -2.48. The van der Waals surface area contributed by atoms with Crippen LogP contribution < -0.4 is 0 Å². The summed E-state index contributed by atoms with van der Waals surface area (Å²) in [7, 11) is 6.56. The van der Waals surface area contributed by atoms with Crippen LogP contribution >= 0.6 is 0 Å². The Kier molecular flexibility index (Phi) is 5.34. The molecule has 2 aromatic rings. The molecule has 2 aromatic carbocycles. The molecule has 0 spiro atoms. The van der Waals surface area contributed by atoms with E-state index in [1.54, 1.807) is 0 Å². The van der Waals surface area contributed by atoms with Gasteiger partial charge < -0.3 is 14.0 Å². The summed E-state index contributed by atoms with van der Waals surface area (Å²) in [6.07, 6.45) is 0.229. The third kappa shape index (κ3) is 4.44. The number of rotatable bonds is 5. The number of quaternary nitrogens is 1. The maximum absolute atomic E-state index is 6.27. The number of hydrogen-bond donors (Lipinski definition) is 0. The predicted molar refractivity (Wildman–Crippen MR) is 97.1 cm³/mol. The van der Waals surface area contributed by atoms with Gasteiger partial charge in [-0.1, -0.05) is 60.7 Å². The van der Waals surface area contributed by atoms with E-state index in [9.17, 15) is 0 Å². The molecule has 0 amide bonds. The van der Waals surface area contributed by atoms with E-state index in [0.29, 0.717) is 13.2 Å². The quantitative estimate of drug-likeness (QED) is 0.785. The fourth-order valence-electron chi connectivity index (χ4n) is 3.41. The SMILES string of the molecule is C[N+](C)(C)C[C@@H]1CO[C@@H](C(c2ccccc2)c2ccccc2)CO1. The van der Waals surface area contributed by atoms with E-state index in [1.165, 1.54) is 11.1 Å². The van der Waals surface area contributed by atoms with Crippen LogP contribution in [0.4, 0.5) is 0 Å². The zero-order chi connectivity index (χ0) is 17.0. The molecule has 0 saturated carbocycles. The van der Waals surface area contributed by atoms with Gasteiger partial charge in [0.15, 0.2) is 0 Å². The summed E-state index contributed by atoms with van der Waals surface area (Å²) in [5.74, 6) is 0.206. The molecular formula is C21H28NO2+. The molecule has 1 saturated heterocycles. The number of nitrogens with zero attached hydrogens (tertiary/aromatic N) is 1. The second kappa shape index (κ2) is 7.47. The Morgan fingerprint density at radius 1 is 0.833 bits per heavy atom. The monoisotopic (exact) mass is 326 g/mol. The second-order valence-corrected chi connectivity index (χ2v) is 7.60. The highest BCUT2D eigenvalue weighted by atomic mass is 16.6. The van der Waals surface area contributed by atoms with Crippen molar-refractivity contribution in [2.45, 2.75) is 18.1 Å². The minimum Gasteiger partial charge on any atom is -0.372 e. The molecule has 0 aliphatic carbocycles. The summed E-state index contributed by atoms with van der Waals surface area (Å²) in [5.41, 5.74) is 2.56. The van der Waals surface area contributed by atoms with Crippen molar-refractivity contribution in [3.05, 3.63) is 71.8 Å². The Balaban J connectivity index is 1.76. The Morgan fingerprint density at radius 2 is 1.38 bits per heavy atom. The lowest BCUT2D eigenvalue weighted by molar-refractivity contribution is -0.874. The summed E-state index contributed by atoms with van der Waals surface area (Å²) in [5, 5.41) is 0. The molecule has 1 heterocycles. The van der Waals surface area contributed by atoms with E-state index in [0.717, 1.165) is 11.0 Å². The van der Waals surface area contributed by atoms with Gasteiger partial charge in [0.05, 0.1) is 40.5 Å². The van der Waals surface area contributed by atoms with Gasteiger partial charge in [-0.3, -0.25) is 0 Å². The summed E-state index contributed by atoms with van der Waals surface area (Å²) < 4.78 is 13.3. The maximum atomic E-state index is 6.27. The molecule has 0 unspecified atom stereocenters.